The number of rotatable bonds is 10. The molecule has 0 atom stereocenters. The first kappa shape index (κ1) is 39.7. The molecule has 0 aliphatic heterocycles. The van der Waals surface area contributed by atoms with Gasteiger partial charge in [-0.05, 0) is 74.2 Å². The van der Waals surface area contributed by atoms with Crippen molar-refractivity contribution >= 4 is 44.5 Å². The molecule has 0 amide bonds. The van der Waals surface area contributed by atoms with E-state index in [-0.39, 0.29) is 0 Å². The van der Waals surface area contributed by atoms with Crippen molar-refractivity contribution in [3.63, 3.8) is 0 Å². The molecule has 0 fully saturated rings. The standard InChI is InChI=1S/C22H23N.C20H16.C14H12/c1-3-4-5-10-16(2)15-21-17-11-6-8-13-19(17)22(23)20-14-9-7-12-18(20)21;1-4-10-17(11-5-1)16-20(18-12-6-2-7-13-18)19-14-8-3-9-15-19;1-12(13-8-4-2-5-9-13)14-10-6-3-7-11-14/h5-14H,2-4,15,23H2,1H3;1-16H;2-11H,1H2/b10-5-;;. The molecule has 2 N–H and O–H groups in total. The van der Waals surface area contributed by atoms with Gasteiger partial charge in [0.05, 0.1) is 0 Å². The van der Waals surface area contributed by atoms with Crippen LogP contribution in [0.2, 0.25) is 0 Å². The summed E-state index contributed by atoms with van der Waals surface area (Å²) in [6.07, 6.45) is 9.72. The second kappa shape index (κ2) is 20.6. The quantitative estimate of drug-likeness (QED) is 0.0643. The van der Waals surface area contributed by atoms with Crippen LogP contribution in [0.3, 0.4) is 0 Å². The predicted molar refractivity (Wildman–Crippen MR) is 250 cm³/mol. The number of anilines is 1. The van der Waals surface area contributed by atoms with Crippen molar-refractivity contribution in [2.24, 2.45) is 0 Å². The molecule has 1 nitrogen and oxygen atoms in total. The number of fused-ring (bicyclic) bond motifs is 2. The van der Waals surface area contributed by atoms with Gasteiger partial charge in [-0.1, -0.05) is 244 Å². The minimum Gasteiger partial charge on any atom is -0.398 e. The van der Waals surface area contributed by atoms with Gasteiger partial charge in [-0.25, -0.2) is 0 Å². The fourth-order valence-electron chi connectivity index (χ4n) is 6.88. The highest BCUT2D eigenvalue weighted by molar-refractivity contribution is 6.12. The number of hydrogen-bond acceptors (Lipinski definition) is 1. The van der Waals surface area contributed by atoms with Crippen LogP contribution >= 0.6 is 0 Å². The first-order valence-electron chi connectivity index (χ1n) is 19.7. The van der Waals surface area contributed by atoms with Gasteiger partial charge in [-0.2, -0.15) is 0 Å². The van der Waals surface area contributed by atoms with Gasteiger partial charge < -0.3 is 5.73 Å². The van der Waals surface area contributed by atoms with Gasteiger partial charge in [0.15, 0.2) is 0 Å². The molecule has 8 aromatic rings. The number of unbranched alkanes of at least 4 members (excludes halogenated alkanes) is 1. The minimum atomic E-state index is 0.849. The number of allylic oxidation sites excluding steroid dienone is 3. The van der Waals surface area contributed by atoms with Gasteiger partial charge in [-0.3, -0.25) is 0 Å². The number of hydrogen-bond donors (Lipinski definition) is 1. The SMILES string of the molecule is C(=C(c1ccccc1)c1ccccc1)c1ccccc1.C=C(/C=C\CCC)Cc1c2ccccc2c(N)c2ccccc12.C=C(c1ccccc1)c1ccccc1. The van der Waals surface area contributed by atoms with E-state index in [4.69, 9.17) is 5.73 Å². The van der Waals surface area contributed by atoms with E-state index in [1.807, 2.05) is 54.6 Å². The van der Waals surface area contributed by atoms with E-state index in [0.29, 0.717) is 0 Å². The van der Waals surface area contributed by atoms with E-state index in [2.05, 4.69) is 184 Å². The number of nitrogen functional groups attached to an aromatic ring is 1. The molecule has 8 aromatic carbocycles. The Hall–Kier alpha value is -6.96. The minimum absolute atomic E-state index is 0.849. The van der Waals surface area contributed by atoms with Crippen LogP contribution in [0.4, 0.5) is 5.69 Å². The molecule has 0 radical (unpaired) electrons. The van der Waals surface area contributed by atoms with E-state index in [9.17, 15) is 0 Å². The first-order chi connectivity index (χ1) is 28.0. The monoisotopic (exact) mass is 737 g/mol. The Labute approximate surface area is 339 Å². The zero-order chi connectivity index (χ0) is 39.7. The topological polar surface area (TPSA) is 26.0 Å². The molecule has 0 bridgehead atoms. The maximum absolute atomic E-state index is 6.42. The maximum Gasteiger partial charge on any atom is 0.0473 e. The predicted octanol–water partition coefficient (Wildman–Crippen LogP) is 15.1. The lowest BCUT2D eigenvalue weighted by Crippen LogP contribution is -1.96. The van der Waals surface area contributed by atoms with Crippen LogP contribution in [0.25, 0.3) is 38.8 Å². The molecule has 0 saturated carbocycles. The highest BCUT2D eigenvalue weighted by Gasteiger charge is 2.12. The van der Waals surface area contributed by atoms with Crippen LogP contribution in [0.1, 0.15) is 53.1 Å². The van der Waals surface area contributed by atoms with Crippen LogP contribution in [-0.4, -0.2) is 0 Å². The highest BCUT2D eigenvalue weighted by Crippen LogP contribution is 2.36. The third kappa shape index (κ3) is 10.8. The van der Waals surface area contributed by atoms with E-state index in [1.165, 1.54) is 49.7 Å². The normalized spacial score (nSPS) is 10.5. The van der Waals surface area contributed by atoms with Crippen molar-refractivity contribution in [3.8, 4) is 0 Å². The van der Waals surface area contributed by atoms with Gasteiger partial charge in [0.1, 0.15) is 0 Å². The summed E-state index contributed by atoms with van der Waals surface area (Å²) in [5, 5.41) is 4.72. The Morgan fingerprint density at radius 1 is 0.474 bits per heavy atom. The summed E-state index contributed by atoms with van der Waals surface area (Å²) in [6, 6.07) is 68.8. The van der Waals surface area contributed by atoms with Crippen LogP contribution in [-0.2, 0) is 6.42 Å². The molecule has 0 aromatic heterocycles. The molecule has 1 heteroatoms. The second-order valence-corrected chi connectivity index (χ2v) is 13.9. The Kier molecular flexibility index (Phi) is 14.4. The Morgan fingerprint density at radius 3 is 1.26 bits per heavy atom. The lowest BCUT2D eigenvalue weighted by Gasteiger charge is -2.14. The number of nitrogens with two attached hydrogens (primary N) is 1. The van der Waals surface area contributed by atoms with E-state index >= 15 is 0 Å². The average molecular weight is 738 g/mol. The van der Waals surface area contributed by atoms with Crippen LogP contribution in [0, 0.1) is 0 Å². The van der Waals surface area contributed by atoms with E-state index < -0.39 is 0 Å². The molecule has 0 aliphatic rings. The van der Waals surface area contributed by atoms with Crippen molar-refractivity contribution in [2.75, 3.05) is 5.73 Å². The summed E-state index contributed by atoms with van der Waals surface area (Å²) < 4.78 is 0. The van der Waals surface area contributed by atoms with Crippen molar-refractivity contribution < 1.29 is 0 Å². The lowest BCUT2D eigenvalue weighted by molar-refractivity contribution is 0.956. The zero-order valence-corrected chi connectivity index (χ0v) is 32.9. The molecular weight excluding hydrogens is 687 g/mol. The van der Waals surface area contributed by atoms with Gasteiger partial charge in [-0.15, -0.1) is 0 Å². The van der Waals surface area contributed by atoms with Gasteiger partial charge >= 0.3 is 0 Å². The molecule has 280 valence electrons. The largest absolute Gasteiger partial charge is 0.398 e. The van der Waals surface area contributed by atoms with Crippen molar-refractivity contribution in [1.82, 2.24) is 0 Å². The molecule has 57 heavy (non-hydrogen) atoms. The Bertz CT molecular complexity index is 2410. The number of benzene rings is 8. The molecular formula is C56H51N. The summed E-state index contributed by atoms with van der Waals surface area (Å²) in [4.78, 5) is 0. The summed E-state index contributed by atoms with van der Waals surface area (Å²) in [5.41, 5.74) is 18.1. The first-order valence-corrected chi connectivity index (χ1v) is 19.7. The average Bonchev–Trinajstić information content (AvgIpc) is 3.29. The van der Waals surface area contributed by atoms with Crippen LogP contribution in [0.5, 0.6) is 0 Å². The fraction of sp³-hybridized carbons (Fsp3) is 0.0714. The van der Waals surface area contributed by atoms with Gasteiger partial charge in [0, 0.05) is 16.5 Å². The van der Waals surface area contributed by atoms with Crippen molar-refractivity contribution in [2.45, 2.75) is 26.2 Å². The van der Waals surface area contributed by atoms with Crippen molar-refractivity contribution in [1.29, 1.82) is 0 Å². The van der Waals surface area contributed by atoms with Crippen LogP contribution in [0.15, 0.2) is 231 Å². The molecule has 0 heterocycles. The van der Waals surface area contributed by atoms with Crippen molar-refractivity contribution in [3.05, 3.63) is 264 Å². The van der Waals surface area contributed by atoms with Crippen LogP contribution < -0.4 is 5.73 Å². The molecule has 0 spiro atoms. The summed E-state index contributed by atoms with van der Waals surface area (Å²) in [7, 11) is 0. The summed E-state index contributed by atoms with van der Waals surface area (Å²) >= 11 is 0. The molecule has 0 unspecified atom stereocenters. The highest BCUT2D eigenvalue weighted by atomic mass is 14.6. The Balaban J connectivity index is 0.000000149. The summed E-state index contributed by atoms with van der Waals surface area (Å²) in [6.45, 7) is 10.5. The maximum atomic E-state index is 6.42. The zero-order valence-electron chi connectivity index (χ0n) is 32.9. The van der Waals surface area contributed by atoms with E-state index in [0.717, 1.165) is 46.9 Å². The van der Waals surface area contributed by atoms with Gasteiger partial charge in [0.2, 0.25) is 0 Å². The Morgan fingerprint density at radius 2 is 0.842 bits per heavy atom. The molecule has 0 saturated heterocycles. The van der Waals surface area contributed by atoms with E-state index in [1.54, 1.807) is 0 Å². The second-order valence-electron chi connectivity index (χ2n) is 13.9. The third-order valence-corrected chi connectivity index (χ3v) is 9.82. The third-order valence-electron chi connectivity index (χ3n) is 9.82. The fourth-order valence-corrected chi connectivity index (χ4v) is 6.88. The molecule has 0 aliphatic carbocycles. The molecule has 8 rings (SSSR count). The summed E-state index contributed by atoms with van der Waals surface area (Å²) in [5.74, 6) is 0. The lowest BCUT2D eigenvalue weighted by atomic mass is 9.91. The smallest absolute Gasteiger partial charge is 0.0473 e. The van der Waals surface area contributed by atoms with Gasteiger partial charge in [0.25, 0.3) is 0 Å².